The van der Waals surface area contributed by atoms with Crippen molar-refractivity contribution in [3.05, 3.63) is 78.1 Å². The molecule has 9 heteroatoms. The van der Waals surface area contributed by atoms with Crippen LogP contribution in [0.3, 0.4) is 0 Å². The Morgan fingerprint density at radius 3 is 2.45 bits per heavy atom. The van der Waals surface area contributed by atoms with E-state index in [9.17, 15) is 9.59 Å². The number of carbonyl (C=O) groups is 2. The second-order valence-corrected chi connectivity index (χ2v) is 10.3. The summed E-state index contributed by atoms with van der Waals surface area (Å²) in [5.41, 5.74) is 2.36. The number of aromatic nitrogens is 2. The Labute approximate surface area is 236 Å². The Morgan fingerprint density at radius 1 is 0.850 bits per heavy atom. The maximum absolute atomic E-state index is 14.0. The van der Waals surface area contributed by atoms with E-state index in [4.69, 9.17) is 4.74 Å². The number of anilines is 2. The highest BCUT2D eigenvalue weighted by molar-refractivity contribution is 5.95. The topological polar surface area (TPSA) is 82.1 Å². The molecule has 0 saturated carbocycles. The highest BCUT2D eigenvalue weighted by atomic mass is 16.5. The lowest BCUT2D eigenvalue weighted by atomic mass is 10.1. The van der Waals surface area contributed by atoms with E-state index in [0.717, 1.165) is 37.3 Å². The fourth-order valence-electron chi connectivity index (χ4n) is 5.44. The number of benzene rings is 2. The predicted molar refractivity (Wildman–Crippen MR) is 156 cm³/mol. The van der Waals surface area contributed by atoms with Crippen molar-refractivity contribution in [2.24, 2.45) is 0 Å². The van der Waals surface area contributed by atoms with E-state index < -0.39 is 0 Å². The van der Waals surface area contributed by atoms with Gasteiger partial charge in [-0.1, -0.05) is 24.3 Å². The molecule has 2 aromatic carbocycles. The summed E-state index contributed by atoms with van der Waals surface area (Å²) >= 11 is 0. The SMILES string of the molecule is CC(=O)N1CCCN(c2ncccn2)CCN(C(=O)c2cccc(OCCN3CCCC3)c2)Cc2ccccc21. The van der Waals surface area contributed by atoms with Gasteiger partial charge in [0.05, 0.1) is 0 Å². The molecule has 40 heavy (non-hydrogen) atoms. The molecule has 5 rings (SSSR count). The smallest absolute Gasteiger partial charge is 0.254 e. The standard InChI is InChI=1S/C31H38N6O3/c1-25(38)37-18-8-17-35(31-32-13-7-14-33-31)19-20-36(24-27-9-2-3-12-29(27)37)30(39)26-10-6-11-28(23-26)40-22-21-34-15-4-5-16-34/h2-3,6-7,9-14,23H,4-5,8,15-22,24H2,1H3. The van der Waals surface area contributed by atoms with Crippen LogP contribution in [0.25, 0.3) is 0 Å². The molecule has 0 bridgehead atoms. The molecule has 2 amide bonds. The Hall–Kier alpha value is -3.98. The van der Waals surface area contributed by atoms with Gasteiger partial charge in [-0.3, -0.25) is 14.5 Å². The summed E-state index contributed by atoms with van der Waals surface area (Å²) in [7, 11) is 0. The first kappa shape index (κ1) is 27.6. The Balaban J connectivity index is 1.39. The maximum atomic E-state index is 14.0. The number of likely N-dealkylation sites (tertiary alicyclic amines) is 1. The number of nitrogens with zero attached hydrogens (tertiary/aromatic N) is 6. The van der Waals surface area contributed by atoms with Gasteiger partial charge in [0.25, 0.3) is 5.91 Å². The monoisotopic (exact) mass is 542 g/mol. The minimum absolute atomic E-state index is 0.0223. The molecule has 1 aromatic heterocycles. The summed E-state index contributed by atoms with van der Waals surface area (Å²) in [5.74, 6) is 1.22. The van der Waals surface area contributed by atoms with Crippen LogP contribution in [-0.4, -0.2) is 84.0 Å². The van der Waals surface area contributed by atoms with Gasteiger partial charge in [-0.2, -0.15) is 0 Å². The number of rotatable bonds is 6. The van der Waals surface area contributed by atoms with Gasteiger partial charge in [0.15, 0.2) is 0 Å². The van der Waals surface area contributed by atoms with E-state index in [2.05, 4.69) is 19.8 Å². The van der Waals surface area contributed by atoms with Crippen LogP contribution in [0.1, 0.15) is 42.1 Å². The summed E-state index contributed by atoms with van der Waals surface area (Å²) < 4.78 is 6.03. The van der Waals surface area contributed by atoms with E-state index in [1.54, 1.807) is 25.4 Å². The van der Waals surface area contributed by atoms with Gasteiger partial charge in [0.2, 0.25) is 11.9 Å². The van der Waals surface area contributed by atoms with Crippen molar-refractivity contribution in [1.82, 2.24) is 19.8 Å². The molecule has 2 aliphatic heterocycles. The zero-order valence-electron chi connectivity index (χ0n) is 23.2. The van der Waals surface area contributed by atoms with Crippen molar-refractivity contribution < 1.29 is 14.3 Å². The van der Waals surface area contributed by atoms with E-state index in [1.807, 2.05) is 58.3 Å². The maximum Gasteiger partial charge on any atom is 0.254 e. The third kappa shape index (κ3) is 6.96. The van der Waals surface area contributed by atoms with Crippen molar-refractivity contribution >= 4 is 23.5 Å². The second-order valence-electron chi connectivity index (χ2n) is 10.3. The molecular weight excluding hydrogens is 504 g/mol. The first-order valence-corrected chi connectivity index (χ1v) is 14.2. The molecule has 0 spiro atoms. The van der Waals surface area contributed by atoms with Gasteiger partial charge in [-0.25, -0.2) is 9.97 Å². The van der Waals surface area contributed by atoms with Crippen molar-refractivity contribution in [3.8, 4) is 5.75 Å². The summed E-state index contributed by atoms with van der Waals surface area (Å²) in [4.78, 5) is 43.7. The number of hydrogen-bond acceptors (Lipinski definition) is 7. The summed E-state index contributed by atoms with van der Waals surface area (Å²) in [6, 6.07) is 17.1. The van der Waals surface area contributed by atoms with Crippen LogP contribution in [0.15, 0.2) is 67.0 Å². The quantitative estimate of drug-likeness (QED) is 0.468. The molecule has 0 radical (unpaired) electrons. The van der Waals surface area contributed by atoms with Crippen molar-refractivity contribution in [2.75, 3.05) is 62.2 Å². The average molecular weight is 543 g/mol. The van der Waals surface area contributed by atoms with Crippen molar-refractivity contribution in [3.63, 3.8) is 0 Å². The molecular formula is C31H38N6O3. The minimum Gasteiger partial charge on any atom is -0.492 e. The number of para-hydroxylation sites is 1. The normalized spacial score (nSPS) is 16.8. The molecule has 210 valence electrons. The summed E-state index contributed by atoms with van der Waals surface area (Å²) in [6.45, 7) is 8.00. The molecule has 0 atom stereocenters. The first-order valence-electron chi connectivity index (χ1n) is 14.2. The average Bonchev–Trinajstić information content (AvgIpc) is 3.49. The molecule has 0 unspecified atom stereocenters. The molecule has 3 heterocycles. The summed E-state index contributed by atoms with van der Waals surface area (Å²) in [6.07, 6.45) is 6.70. The number of amides is 2. The lowest BCUT2D eigenvalue weighted by Gasteiger charge is -2.28. The Kier molecular flexibility index (Phi) is 9.23. The number of ether oxygens (including phenoxy) is 1. The van der Waals surface area contributed by atoms with Crippen LogP contribution in [0.2, 0.25) is 0 Å². The molecule has 1 fully saturated rings. The van der Waals surface area contributed by atoms with Gasteiger partial charge in [-0.15, -0.1) is 0 Å². The molecule has 1 saturated heterocycles. The van der Waals surface area contributed by atoms with Crippen LogP contribution in [-0.2, 0) is 11.3 Å². The predicted octanol–water partition coefficient (Wildman–Crippen LogP) is 3.86. The Bertz CT molecular complexity index is 1280. The Morgan fingerprint density at radius 2 is 1.65 bits per heavy atom. The zero-order chi connectivity index (χ0) is 27.7. The lowest BCUT2D eigenvalue weighted by molar-refractivity contribution is -0.116. The van der Waals surface area contributed by atoms with Gasteiger partial charge in [0.1, 0.15) is 12.4 Å². The van der Waals surface area contributed by atoms with Crippen molar-refractivity contribution in [2.45, 2.75) is 32.7 Å². The zero-order valence-corrected chi connectivity index (χ0v) is 23.2. The lowest BCUT2D eigenvalue weighted by Crippen LogP contribution is -2.39. The number of carbonyl (C=O) groups excluding carboxylic acids is 2. The molecule has 2 aliphatic rings. The minimum atomic E-state index is -0.0812. The van der Waals surface area contributed by atoms with Crippen LogP contribution < -0.4 is 14.5 Å². The van der Waals surface area contributed by atoms with E-state index >= 15 is 0 Å². The van der Waals surface area contributed by atoms with Gasteiger partial charge in [-0.05, 0) is 68.2 Å². The fraction of sp³-hybridized carbons (Fsp3) is 0.419. The van der Waals surface area contributed by atoms with Crippen LogP contribution in [0.4, 0.5) is 11.6 Å². The van der Waals surface area contributed by atoms with Gasteiger partial charge >= 0.3 is 0 Å². The van der Waals surface area contributed by atoms with E-state index in [-0.39, 0.29) is 11.8 Å². The van der Waals surface area contributed by atoms with Crippen LogP contribution in [0, 0.1) is 0 Å². The molecule has 0 N–H and O–H groups in total. The van der Waals surface area contributed by atoms with Crippen molar-refractivity contribution in [1.29, 1.82) is 0 Å². The first-order chi connectivity index (χ1) is 19.6. The fourth-order valence-corrected chi connectivity index (χ4v) is 5.44. The number of hydrogen-bond donors (Lipinski definition) is 0. The van der Waals surface area contributed by atoms with E-state index in [1.165, 1.54) is 12.8 Å². The largest absolute Gasteiger partial charge is 0.492 e. The van der Waals surface area contributed by atoms with Crippen LogP contribution >= 0.6 is 0 Å². The summed E-state index contributed by atoms with van der Waals surface area (Å²) in [5, 5.41) is 0. The number of fused-ring (bicyclic) bond motifs is 1. The van der Waals surface area contributed by atoms with Gasteiger partial charge in [0, 0.05) is 69.8 Å². The molecule has 0 aliphatic carbocycles. The third-order valence-corrected chi connectivity index (χ3v) is 7.55. The van der Waals surface area contributed by atoms with E-state index in [0.29, 0.717) is 56.6 Å². The third-order valence-electron chi connectivity index (χ3n) is 7.55. The highest BCUT2D eigenvalue weighted by Crippen LogP contribution is 2.25. The van der Waals surface area contributed by atoms with Gasteiger partial charge < -0.3 is 19.4 Å². The second kappa shape index (κ2) is 13.4. The molecule has 9 nitrogen and oxygen atoms in total. The molecule has 3 aromatic rings. The van der Waals surface area contributed by atoms with Crippen LogP contribution in [0.5, 0.6) is 5.75 Å². The highest BCUT2D eigenvalue weighted by Gasteiger charge is 2.24.